The molecule has 0 spiro atoms. The van der Waals surface area contributed by atoms with E-state index in [4.69, 9.17) is 5.11 Å². The van der Waals surface area contributed by atoms with Crippen molar-refractivity contribution in [2.75, 3.05) is 6.61 Å². The van der Waals surface area contributed by atoms with Gasteiger partial charge in [-0.2, -0.15) is 0 Å². The van der Waals surface area contributed by atoms with Crippen molar-refractivity contribution in [3.05, 3.63) is 48.0 Å². The molecule has 0 aliphatic rings. The molecule has 0 heterocycles. The fraction of sp³-hybridized carbons (Fsp3) is 0.333. The van der Waals surface area contributed by atoms with Gasteiger partial charge in [0.2, 0.25) is 0 Å². The van der Waals surface area contributed by atoms with Crippen molar-refractivity contribution in [1.29, 1.82) is 0 Å². The van der Waals surface area contributed by atoms with Gasteiger partial charge in [0, 0.05) is 6.61 Å². The normalized spacial score (nSPS) is 9.92. The van der Waals surface area contributed by atoms with Gasteiger partial charge in [0.1, 0.15) is 0 Å². The van der Waals surface area contributed by atoms with E-state index in [9.17, 15) is 0 Å². The van der Waals surface area contributed by atoms with Crippen molar-refractivity contribution < 1.29 is 5.11 Å². The van der Waals surface area contributed by atoms with Gasteiger partial charge < -0.3 is 5.11 Å². The molecule has 0 fully saturated rings. The Kier molecular flexibility index (Phi) is 4.27. The number of rotatable bonds is 5. The molecule has 0 saturated carbocycles. The predicted octanol–water partition coefficient (Wildman–Crippen LogP) is 2.34. The first-order valence-corrected chi connectivity index (χ1v) is 4.66. The molecule has 0 bridgehead atoms. The van der Waals surface area contributed by atoms with Crippen molar-refractivity contribution in [1.82, 2.24) is 0 Å². The van der Waals surface area contributed by atoms with Crippen LogP contribution in [0, 0.1) is 0 Å². The van der Waals surface area contributed by atoms with Crippen molar-refractivity contribution >= 4 is 0 Å². The predicted molar refractivity (Wildman–Crippen MR) is 55.7 cm³/mol. The molecule has 0 unspecified atom stereocenters. The van der Waals surface area contributed by atoms with Gasteiger partial charge in [0.25, 0.3) is 0 Å². The Labute approximate surface area is 79.7 Å². The van der Waals surface area contributed by atoms with Crippen LogP contribution in [0.5, 0.6) is 0 Å². The highest BCUT2D eigenvalue weighted by Crippen LogP contribution is 2.07. The van der Waals surface area contributed by atoms with Gasteiger partial charge in [-0.3, -0.25) is 0 Å². The van der Waals surface area contributed by atoms with Crippen LogP contribution in [0.25, 0.3) is 0 Å². The maximum absolute atomic E-state index is 8.72. The number of hydrogen-bond acceptors (Lipinski definition) is 1. The molecule has 1 heteroatoms. The highest BCUT2D eigenvalue weighted by Gasteiger charge is 1.93. The van der Waals surface area contributed by atoms with Crippen molar-refractivity contribution in [2.45, 2.75) is 19.3 Å². The molecule has 0 amide bonds. The van der Waals surface area contributed by atoms with Gasteiger partial charge >= 0.3 is 0 Å². The van der Waals surface area contributed by atoms with E-state index >= 15 is 0 Å². The monoisotopic (exact) mass is 176 g/mol. The standard InChI is InChI=1S/C12H16O/c1-2-3-4-11-5-7-12(8-6-11)9-10-13/h2,5-8,13H,1,3-4,9-10H2. The first-order chi connectivity index (χ1) is 6.36. The summed E-state index contributed by atoms with van der Waals surface area (Å²) in [5.41, 5.74) is 2.53. The molecular weight excluding hydrogens is 160 g/mol. The Bertz CT molecular complexity index is 248. The van der Waals surface area contributed by atoms with Crippen molar-refractivity contribution in [3.63, 3.8) is 0 Å². The van der Waals surface area contributed by atoms with Crippen molar-refractivity contribution in [2.24, 2.45) is 0 Å². The van der Waals surface area contributed by atoms with Crippen LogP contribution in [0.2, 0.25) is 0 Å². The molecule has 0 aliphatic heterocycles. The van der Waals surface area contributed by atoms with Crippen LogP contribution >= 0.6 is 0 Å². The van der Waals surface area contributed by atoms with Gasteiger partial charge in [-0.15, -0.1) is 6.58 Å². The minimum Gasteiger partial charge on any atom is -0.396 e. The van der Waals surface area contributed by atoms with Crippen LogP contribution in [0.15, 0.2) is 36.9 Å². The summed E-state index contributed by atoms with van der Waals surface area (Å²) in [5, 5.41) is 8.72. The molecule has 0 aromatic heterocycles. The van der Waals surface area contributed by atoms with Crippen LogP contribution < -0.4 is 0 Å². The third kappa shape index (κ3) is 3.43. The number of allylic oxidation sites excluding steroid dienone is 1. The van der Waals surface area contributed by atoms with Crippen LogP contribution in [0.3, 0.4) is 0 Å². The molecular formula is C12H16O. The maximum atomic E-state index is 8.72. The molecule has 1 aromatic rings. The summed E-state index contributed by atoms with van der Waals surface area (Å²) in [6.45, 7) is 3.92. The Balaban J connectivity index is 2.53. The summed E-state index contributed by atoms with van der Waals surface area (Å²) >= 11 is 0. The summed E-state index contributed by atoms with van der Waals surface area (Å²) in [7, 11) is 0. The number of aryl methyl sites for hydroxylation is 1. The van der Waals surface area contributed by atoms with E-state index in [1.165, 1.54) is 11.1 Å². The van der Waals surface area contributed by atoms with E-state index < -0.39 is 0 Å². The summed E-state index contributed by atoms with van der Waals surface area (Å²) < 4.78 is 0. The van der Waals surface area contributed by atoms with E-state index in [1.807, 2.05) is 6.08 Å². The summed E-state index contributed by atoms with van der Waals surface area (Å²) in [4.78, 5) is 0. The first kappa shape index (κ1) is 10.0. The number of aliphatic hydroxyl groups excluding tert-OH is 1. The average molecular weight is 176 g/mol. The highest BCUT2D eigenvalue weighted by molar-refractivity contribution is 5.22. The van der Waals surface area contributed by atoms with Crippen LogP contribution in [-0.4, -0.2) is 11.7 Å². The summed E-state index contributed by atoms with van der Waals surface area (Å²) in [5.74, 6) is 0. The topological polar surface area (TPSA) is 20.2 Å². The van der Waals surface area contributed by atoms with Crippen LogP contribution in [0.1, 0.15) is 17.5 Å². The summed E-state index contributed by atoms with van der Waals surface area (Å²) in [6, 6.07) is 8.40. The average Bonchev–Trinajstić information content (AvgIpc) is 2.17. The number of aliphatic hydroxyl groups is 1. The third-order valence-corrected chi connectivity index (χ3v) is 2.06. The fourth-order valence-electron chi connectivity index (χ4n) is 1.27. The molecule has 1 aromatic carbocycles. The Morgan fingerprint density at radius 2 is 1.62 bits per heavy atom. The molecule has 70 valence electrons. The maximum Gasteiger partial charge on any atom is 0.0471 e. The van der Waals surface area contributed by atoms with Gasteiger partial charge in [-0.25, -0.2) is 0 Å². The smallest absolute Gasteiger partial charge is 0.0471 e. The lowest BCUT2D eigenvalue weighted by Gasteiger charge is -2.01. The molecule has 13 heavy (non-hydrogen) atoms. The zero-order chi connectivity index (χ0) is 9.52. The number of benzene rings is 1. The largest absolute Gasteiger partial charge is 0.396 e. The lowest BCUT2D eigenvalue weighted by Crippen LogP contribution is -1.91. The van der Waals surface area contributed by atoms with E-state index in [2.05, 4.69) is 30.8 Å². The minimum absolute atomic E-state index is 0.228. The van der Waals surface area contributed by atoms with Gasteiger partial charge in [0.15, 0.2) is 0 Å². The van der Waals surface area contributed by atoms with E-state index in [0.29, 0.717) is 0 Å². The van der Waals surface area contributed by atoms with Gasteiger partial charge in [-0.05, 0) is 30.4 Å². The molecule has 1 nitrogen and oxygen atoms in total. The number of hydrogen-bond donors (Lipinski definition) is 1. The van der Waals surface area contributed by atoms with Gasteiger partial charge in [-0.1, -0.05) is 30.3 Å². The van der Waals surface area contributed by atoms with Crippen LogP contribution in [-0.2, 0) is 12.8 Å². The van der Waals surface area contributed by atoms with E-state index in [-0.39, 0.29) is 6.61 Å². The van der Waals surface area contributed by atoms with Crippen LogP contribution in [0.4, 0.5) is 0 Å². The third-order valence-electron chi connectivity index (χ3n) is 2.06. The fourth-order valence-corrected chi connectivity index (χ4v) is 1.27. The SMILES string of the molecule is C=CCCc1ccc(CCO)cc1. The second-order valence-corrected chi connectivity index (χ2v) is 3.12. The first-order valence-electron chi connectivity index (χ1n) is 4.66. The Morgan fingerprint density at radius 1 is 1.08 bits per heavy atom. The second-order valence-electron chi connectivity index (χ2n) is 3.12. The summed E-state index contributed by atoms with van der Waals surface area (Å²) in [6.07, 6.45) is 4.77. The second kappa shape index (κ2) is 5.55. The molecule has 1 rings (SSSR count). The Hall–Kier alpha value is -1.08. The van der Waals surface area contributed by atoms with Crippen molar-refractivity contribution in [3.8, 4) is 0 Å². The zero-order valence-corrected chi connectivity index (χ0v) is 7.87. The van der Waals surface area contributed by atoms with E-state index in [1.54, 1.807) is 0 Å². The lowest BCUT2D eigenvalue weighted by molar-refractivity contribution is 0.299. The zero-order valence-electron chi connectivity index (χ0n) is 7.87. The molecule has 0 aliphatic carbocycles. The minimum atomic E-state index is 0.228. The highest BCUT2D eigenvalue weighted by atomic mass is 16.2. The molecule has 1 N–H and O–H groups in total. The molecule has 0 saturated heterocycles. The lowest BCUT2D eigenvalue weighted by atomic mass is 10.1. The molecule has 0 radical (unpaired) electrons. The molecule has 0 atom stereocenters. The Morgan fingerprint density at radius 3 is 2.08 bits per heavy atom. The van der Waals surface area contributed by atoms with Gasteiger partial charge in [0.05, 0.1) is 0 Å². The quantitative estimate of drug-likeness (QED) is 0.683. The van der Waals surface area contributed by atoms with E-state index in [0.717, 1.165) is 19.3 Å².